The molecule has 1 aliphatic rings. The number of hydrogen-bond donors (Lipinski definition) is 1. The minimum atomic E-state index is -0.484. The van der Waals surface area contributed by atoms with Crippen LogP contribution in [0.3, 0.4) is 0 Å². The highest BCUT2D eigenvalue weighted by Crippen LogP contribution is 2.19. The fraction of sp³-hybridized carbons (Fsp3) is 0.318. The molecule has 1 N–H and O–H groups in total. The van der Waals surface area contributed by atoms with Gasteiger partial charge >= 0.3 is 0 Å². The first-order valence-corrected chi connectivity index (χ1v) is 9.16. The summed E-state index contributed by atoms with van der Waals surface area (Å²) in [5.41, 5.74) is 2.88. The lowest BCUT2D eigenvalue weighted by molar-refractivity contribution is -0.133. The van der Waals surface area contributed by atoms with Crippen molar-refractivity contribution in [2.24, 2.45) is 0 Å². The molecule has 1 amide bonds. The number of carbonyl (C=O) groups is 1. The van der Waals surface area contributed by atoms with Crippen LogP contribution in [-0.2, 0) is 16.1 Å². The smallest absolute Gasteiger partial charge is 0.254 e. The van der Waals surface area contributed by atoms with E-state index in [1.54, 1.807) is 0 Å². The van der Waals surface area contributed by atoms with Crippen LogP contribution in [0.5, 0.6) is 5.75 Å². The Morgan fingerprint density at radius 1 is 1.26 bits per heavy atom. The number of carbonyl (C=O) groups excluding carboxylic acids is 1. The molecular weight excluding hydrogens is 340 g/mol. The van der Waals surface area contributed by atoms with Crippen molar-refractivity contribution >= 4 is 11.6 Å². The lowest BCUT2D eigenvalue weighted by Crippen LogP contribution is -2.47. The van der Waals surface area contributed by atoms with Crippen molar-refractivity contribution in [3.05, 3.63) is 72.3 Å². The molecule has 0 radical (unpaired) electrons. The second kappa shape index (κ2) is 9.35. The van der Waals surface area contributed by atoms with Gasteiger partial charge in [0.1, 0.15) is 18.5 Å². The minimum absolute atomic E-state index is 0.134. The summed E-state index contributed by atoms with van der Waals surface area (Å²) in [6.07, 6.45) is -0.484. The zero-order valence-electron chi connectivity index (χ0n) is 15.7. The normalized spacial score (nSPS) is 17.3. The maximum atomic E-state index is 12.6. The van der Waals surface area contributed by atoms with Crippen molar-refractivity contribution in [3.8, 4) is 5.75 Å². The molecule has 2 aromatic carbocycles. The number of nitrogens with zero attached hydrogens (tertiary/aromatic N) is 1. The number of rotatable bonds is 7. The number of benzene rings is 2. The summed E-state index contributed by atoms with van der Waals surface area (Å²) in [4.78, 5) is 14.9. The monoisotopic (exact) mass is 366 g/mol. The highest BCUT2D eigenvalue weighted by Gasteiger charge is 2.26. The van der Waals surface area contributed by atoms with Gasteiger partial charge in [-0.05, 0) is 30.2 Å². The van der Waals surface area contributed by atoms with Crippen molar-refractivity contribution in [1.29, 1.82) is 0 Å². The van der Waals surface area contributed by atoms with E-state index < -0.39 is 6.10 Å². The summed E-state index contributed by atoms with van der Waals surface area (Å²) in [5, 5.41) is 2.93. The number of morpholine rings is 1. The number of ether oxygens (including phenoxy) is 2. The van der Waals surface area contributed by atoms with Gasteiger partial charge in [-0.15, -0.1) is 0 Å². The summed E-state index contributed by atoms with van der Waals surface area (Å²) in [5.74, 6) is 0.566. The number of hydrogen-bond acceptors (Lipinski definition) is 4. The van der Waals surface area contributed by atoms with Gasteiger partial charge in [0.2, 0.25) is 0 Å². The Morgan fingerprint density at radius 2 is 2.07 bits per heavy atom. The third-order valence-corrected chi connectivity index (χ3v) is 4.28. The average molecular weight is 366 g/mol. The second-order valence-corrected chi connectivity index (χ2v) is 6.84. The van der Waals surface area contributed by atoms with Crippen LogP contribution in [0.15, 0.2) is 66.7 Å². The first-order chi connectivity index (χ1) is 13.1. The molecule has 1 heterocycles. The first kappa shape index (κ1) is 19.1. The molecule has 0 aromatic heterocycles. The third-order valence-electron chi connectivity index (χ3n) is 4.28. The number of amides is 1. The molecule has 1 saturated heterocycles. The van der Waals surface area contributed by atoms with Gasteiger partial charge in [-0.1, -0.05) is 43.0 Å². The molecule has 27 heavy (non-hydrogen) atoms. The molecule has 1 aliphatic heterocycles. The van der Waals surface area contributed by atoms with Gasteiger partial charge in [-0.2, -0.15) is 0 Å². The Morgan fingerprint density at radius 3 is 2.85 bits per heavy atom. The van der Waals surface area contributed by atoms with Gasteiger partial charge < -0.3 is 14.8 Å². The van der Waals surface area contributed by atoms with Gasteiger partial charge in [-0.25, -0.2) is 0 Å². The van der Waals surface area contributed by atoms with Gasteiger partial charge in [-0.3, -0.25) is 9.69 Å². The van der Waals surface area contributed by atoms with Crippen molar-refractivity contribution in [2.45, 2.75) is 19.6 Å². The highest BCUT2D eigenvalue weighted by molar-refractivity contribution is 5.94. The second-order valence-electron chi connectivity index (χ2n) is 6.84. The Balaban J connectivity index is 1.55. The summed E-state index contributed by atoms with van der Waals surface area (Å²) < 4.78 is 11.3. The molecule has 1 atom stereocenters. The summed E-state index contributed by atoms with van der Waals surface area (Å²) in [6, 6.07) is 17.6. The average Bonchev–Trinajstić information content (AvgIpc) is 2.68. The lowest BCUT2D eigenvalue weighted by Gasteiger charge is -2.32. The predicted octanol–water partition coefficient (Wildman–Crippen LogP) is 3.48. The van der Waals surface area contributed by atoms with Gasteiger partial charge in [0.25, 0.3) is 5.91 Å². The molecule has 0 saturated carbocycles. The molecule has 0 bridgehead atoms. The van der Waals surface area contributed by atoms with Crippen LogP contribution in [0.4, 0.5) is 5.69 Å². The van der Waals surface area contributed by atoms with E-state index in [1.165, 1.54) is 5.56 Å². The topological polar surface area (TPSA) is 50.8 Å². The number of anilines is 1. The van der Waals surface area contributed by atoms with Crippen molar-refractivity contribution in [1.82, 2.24) is 4.90 Å². The van der Waals surface area contributed by atoms with Crippen LogP contribution in [0, 0.1) is 0 Å². The summed E-state index contributed by atoms with van der Waals surface area (Å²) in [7, 11) is 0. The van der Waals surface area contributed by atoms with Crippen molar-refractivity contribution in [2.75, 3.05) is 31.6 Å². The van der Waals surface area contributed by atoms with E-state index in [0.29, 0.717) is 31.2 Å². The molecule has 1 fully saturated rings. The third kappa shape index (κ3) is 5.94. The fourth-order valence-corrected chi connectivity index (χ4v) is 2.94. The highest BCUT2D eigenvalue weighted by atomic mass is 16.5. The van der Waals surface area contributed by atoms with Crippen LogP contribution in [-0.4, -0.2) is 43.2 Å². The molecular formula is C22H26N2O3. The summed E-state index contributed by atoms with van der Waals surface area (Å²) >= 11 is 0. The predicted molar refractivity (Wildman–Crippen MR) is 107 cm³/mol. The van der Waals surface area contributed by atoms with E-state index in [4.69, 9.17) is 9.47 Å². The largest absolute Gasteiger partial charge is 0.489 e. The van der Waals surface area contributed by atoms with Crippen LogP contribution < -0.4 is 10.1 Å². The Bertz CT molecular complexity index is 776. The van der Waals surface area contributed by atoms with Crippen molar-refractivity contribution < 1.29 is 14.3 Å². The molecule has 2 aromatic rings. The zero-order valence-corrected chi connectivity index (χ0v) is 15.7. The van der Waals surface area contributed by atoms with Crippen molar-refractivity contribution in [3.63, 3.8) is 0 Å². The maximum absolute atomic E-state index is 12.6. The molecule has 5 heteroatoms. The van der Waals surface area contributed by atoms with E-state index in [9.17, 15) is 4.79 Å². The molecule has 3 rings (SSSR count). The lowest BCUT2D eigenvalue weighted by atomic mass is 10.2. The molecule has 142 valence electrons. The zero-order chi connectivity index (χ0) is 19.1. The van der Waals surface area contributed by atoms with Crippen LogP contribution in [0.2, 0.25) is 0 Å². The minimum Gasteiger partial charge on any atom is -0.489 e. The van der Waals surface area contributed by atoms with E-state index >= 15 is 0 Å². The standard InChI is InChI=1S/C22H26N2O3/c1-17(2)16-27-20-10-6-9-19(13-20)23-22(25)21-15-24(11-12-26-21)14-18-7-4-3-5-8-18/h3-10,13,21H,1,11-12,14-16H2,2H3,(H,23,25). The first-order valence-electron chi connectivity index (χ1n) is 9.16. The SMILES string of the molecule is C=C(C)COc1cccc(NC(=O)C2CN(Cc3ccccc3)CCO2)c1. The number of nitrogens with one attached hydrogen (secondary N) is 1. The molecule has 0 spiro atoms. The summed E-state index contributed by atoms with van der Waals surface area (Å²) in [6.45, 7) is 8.95. The van der Waals surface area contributed by atoms with Gasteiger partial charge in [0.15, 0.2) is 0 Å². The van der Waals surface area contributed by atoms with Crippen LogP contribution in [0.25, 0.3) is 0 Å². The van der Waals surface area contributed by atoms with E-state index in [-0.39, 0.29) is 5.91 Å². The van der Waals surface area contributed by atoms with E-state index in [2.05, 4.69) is 28.9 Å². The quantitative estimate of drug-likeness (QED) is 0.762. The van der Waals surface area contributed by atoms with E-state index in [0.717, 1.165) is 18.7 Å². The molecule has 0 aliphatic carbocycles. The van der Waals surface area contributed by atoms with Crippen LogP contribution in [0.1, 0.15) is 12.5 Å². The molecule has 1 unspecified atom stereocenters. The Labute approximate surface area is 160 Å². The molecule has 5 nitrogen and oxygen atoms in total. The van der Waals surface area contributed by atoms with Crippen LogP contribution >= 0.6 is 0 Å². The maximum Gasteiger partial charge on any atom is 0.254 e. The Kier molecular flexibility index (Phi) is 6.63. The van der Waals surface area contributed by atoms with Gasteiger partial charge in [0, 0.05) is 31.4 Å². The Hall–Kier alpha value is -2.63. The fourth-order valence-electron chi connectivity index (χ4n) is 2.94. The van der Waals surface area contributed by atoms with E-state index in [1.807, 2.05) is 49.4 Å². The van der Waals surface area contributed by atoms with Gasteiger partial charge in [0.05, 0.1) is 6.61 Å².